The maximum atomic E-state index is 12.9. The van der Waals surface area contributed by atoms with E-state index in [2.05, 4.69) is 21.2 Å². The monoisotopic (exact) mass is 288 g/mol. The highest BCUT2D eigenvalue weighted by molar-refractivity contribution is 9.10. The lowest BCUT2D eigenvalue weighted by Crippen LogP contribution is -2.20. The molecule has 1 aromatic rings. The van der Waals surface area contributed by atoms with E-state index in [-0.39, 0.29) is 17.6 Å². The van der Waals surface area contributed by atoms with Crippen molar-refractivity contribution in [2.45, 2.75) is 13.3 Å². The second kappa shape index (κ2) is 5.96. The molecule has 0 radical (unpaired) electrons. The number of anilines is 1. The van der Waals surface area contributed by atoms with Crippen molar-refractivity contribution in [1.82, 2.24) is 0 Å². The summed E-state index contributed by atoms with van der Waals surface area (Å²) in [5.74, 6) is -0.429. The van der Waals surface area contributed by atoms with Gasteiger partial charge in [-0.2, -0.15) is 0 Å². The van der Waals surface area contributed by atoms with Gasteiger partial charge >= 0.3 is 0 Å². The molecule has 0 bridgehead atoms. The van der Waals surface area contributed by atoms with Gasteiger partial charge in [-0.3, -0.25) is 4.79 Å². The maximum absolute atomic E-state index is 12.9. The molecule has 0 aliphatic heterocycles. The van der Waals surface area contributed by atoms with E-state index in [1.807, 2.05) is 6.92 Å². The van der Waals surface area contributed by atoms with Crippen LogP contribution in [-0.2, 0) is 4.79 Å². The van der Waals surface area contributed by atoms with Crippen molar-refractivity contribution in [3.05, 3.63) is 28.5 Å². The Morgan fingerprint density at radius 2 is 2.31 bits per heavy atom. The normalized spacial score (nSPS) is 12.2. The van der Waals surface area contributed by atoms with E-state index in [1.165, 1.54) is 12.1 Å². The standard InChI is InChI=1S/C11H14BrFN2O/c1-7(6-14)4-11(16)15-10-5-8(13)2-3-9(10)12/h2-3,5,7H,4,6,14H2,1H3,(H,15,16). The largest absolute Gasteiger partial charge is 0.330 e. The molecule has 0 saturated carbocycles. The van der Waals surface area contributed by atoms with Gasteiger partial charge in [0.15, 0.2) is 0 Å². The Labute approximate surface area is 102 Å². The molecule has 3 N–H and O–H groups in total. The summed E-state index contributed by atoms with van der Waals surface area (Å²) in [6, 6.07) is 4.15. The minimum atomic E-state index is -0.384. The third-order valence-corrected chi connectivity index (χ3v) is 2.83. The molecule has 16 heavy (non-hydrogen) atoms. The summed E-state index contributed by atoms with van der Waals surface area (Å²) in [4.78, 5) is 11.5. The second-order valence-corrected chi connectivity index (χ2v) is 4.57. The third-order valence-electron chi connectivity index (χ3n) is 2.14. The van der Waals surface area contributed by atoms with E-state index < -0.39 is 0 Å². The molecule has 0 aliphatic rings. The topological polar surface area (TPSA) is 55.1 Å². The molecule has 3 nitrogen and oxygen atoms in total. The van der Waals surface area contributed by atoms with Crippen molar-refractivity contribution in [3.8, 4) is 0 Å². The molecule has 0 aromatic heterocycles. The van der Waals surface area contributed by atoms with Crippen molar-refractivity contribution in [2.75, 3.05) is 11.9 Å². The summed E-state index contributed by atoms with van der Waals surface area (Å²) < 4.78 is 13.6. The smallest absolute Gasteiger partial charge is 0.224 e. The summed E-state index contributed by atoms with van der Waals surface area (Å²) in [5.41, 5.74) is 5.86. The molecular formula is C11H14BrFN2O. The zero-order chi connectivity index (χ0) is 12.1. The van der Waals surface area contributed by atoms with Crippen molar-refractivity contribution < 1.29 is 9.18 Å². The number of halogens is 2. The van der Waals surface area contributed by atoms with Gasteiger partial charge in [-0.15, -0.1) is 0 Å². The highest BCUT2D eigenvalue weighted by Gasteiger charge is 2.10. The fourth-order valence-corrected chi connectivity index (χ4v) is 1.54. The van der Waals surface area contributed by atoms with Gasteiger partial charge < -0.3 is 11.1 Å². The van der Waals surface area contributed by atoms with Crippen LogP contribution in [-0.4, -0.2) is 12.5 Å². The van der Waals surface area contributed by atoms with E-state index >= 15 is 0 Å². The molecule has 1 rings (SSSR count). The first-order chi connectivity index (χ1) is 7.52. The van der Waals surface area contributed by atoms with Crippen LogP contribution >= 0.6 is 15.9 Å². The first-order valence-corrected chi connectivity index (χ1v) is 5.77. The number of hydrogen-bond acceptors (Lipinski definition) is 2. The highest BCUT2D eigenvalue weighted by Crippen LogP contribution is 2.23. The van der Waals surface area contributed by atoms with E-state index in [9.17, 15) is 9.18 Å². The fraction of sp³-hybridized carbons (Fsp3) is 0.364. The van der Waals surface area contributed by atoms with Gasteiger partial charge in [0.25, 0.3) is 0 Å². The lowest BCUT2D eigenvalue weighted by molar-refractivity contribution is -0.116. The lowest BCUT2D eigenvalue weighted by atomic mass is 10.1. The van der Waals surface area contributed by atoms with Gasteiger partial charge in [-0.25, -0.2) is 4.39 Å². The number of rotatable bonds is 4. The molecule has 1 unspecified atom stereocenters. The van der Waals surface area contributed by atoms with Gasteiger partial charge in [0, 0.05) is 10.9 Å². The summed E-state index contributed by atoms with van der Waals surface area (Å²) >= 11 is 3.24. The predicted molar refractivity (Wildman–Crippen MR) is 65.6 cm³/mol. The Morgan fingerprint density at radius 3 is 2.94 bits per heavy atom. The molecule has 0 spiro atoms. The molecule has 5 heteroatoms. The van der Waals surface area contributed by atoms with Crippen molar-refractivity contribution >= 4 is 27.5 Å². The van der Waals surface area contributed by atoms with Gasteiger partial charge in [0.05, 0.1) is 5.69 Å². The van der Waals surface area contributed by atoms with E-state index in [1.54, 1.807) is 6.07 Å². The molecule has 1 aromatic carbocycles. The minimum absolute atomic E-state index is 0.118. The van der Waals surface area contributed by atoms with Gasteiger partial charge in [0.2, 0.25) is 5.91 Å². The van der Waals surface area contributed by atoms with Crippen LogP contribution < -0.4 is 11.1 Å². The Bertz CT molecular complexity index is 384. The summed E-state index contributed by atoms with van der Waals surface area (Å²) in [6.45, 7) is 2.35. The van der Waals surface area contributed by atoms with Gasteiger partial charge in [-0.05, 0) is 46.6 Å². The van der Waals surface area contributed by atoms with E-state index in [0.29, 0.717) is 23.1 Å². The first-order valence-electron chi connectivity index (χ1n) is 4.98. The quantitative estimate of drug-likeness (QED) is 0.894. The fourth-order valence-electron chi connectivity index (χ4n) is 1.19. The molecule has 0 heterocycles. The van der Waals surface area contributed by atoms with E-state index in [0.717, 1.165) is 0 Å². The molecule has 0 aliphatic carbocycles. The van der Waals surface area contributed by atoms with Gasteiger partial charge in [0.1, 0.15) is 5.82 Å². The number of amides is 1. The summed E-state index contributed by atoms with van der Waals surface area (Å²) in [7, 11) is 0. The van der Waals surface area contributed by atoms with Crippen LogP contribution in [0.25, 0.3) is 0 Å². The molecular weight excluding hydrogens is 275 g/mol. The van der Waals surface area contributed by atoms with Crippen molar-refractivity contribution in [1.29, 1.82) is 0 Å². The first kappa shape index (κ1) is 13.1. The van der Waals surface area contributed by atoms with Gasteiger partial charge in [-0.1, -0.05) is 6.92 Å². The van der Waals surface area contributed by atoms with E-state index in [4.69, 9.17) is 5.73 Å². The number of nitrogens with two attached hydrogens (primary N) is 1. The van der Waals surface area contributed by atoms with Crippen LogP contribution in [0.1, 0.15) is 13.3 Å². The lowest BCUT2D eigenvalue weighted by Gasteiger charge is -2.10. The molecule has 0 saturated heterocycles. The average Bonchev–Trinajstić information content (AvgIpc) is 2.23. The van der Waals surface area contributed by atoms with Crippen LogP contribution in [0.5, 0.6) is 0 Å². The maximum Gasteiger partial charge on any atom is 0.224 e. The Hall–Kier alpha value is -0.940. The number of benzene rings is 1. The van der Waals surface area contributed by atoms with Crippen LogP contribution in [0.2, 0.25) is 0 Å². The Balaban J connectivity index is 2.65. The van der Waals surface area contributed by atoms with Crippen LogP contribution in [0, 0.1) is 11.7 Å². The van der Waals surface area contributed by atoms with Crippen molar-refractivity contribution in [2.24, 2.45) is 11.7 Å². The second-order valence-electron chi connectivity index (χ2n) is 3.72. The molecule has 0 fully saturated rings. The third kappa shape index (κ3) is 3.90. The summed E-state index contributed by atoms with van der Waals surface area (Å²) in [5, 5.41) is 2.63. The Kier molecular flexibility index (Phi) is 4.89. The summed E-state index contributed by atoms with van der Waals surface area (Å²) in [6.07, 6.45) is 0.333. The number of nitrogens with one attached hydrogen (secondary N) is 1. The molecule has 1 amide bonds. The predicted octanol–water partition coefficient (Wildman–Crippen LogP) is 2.51. The van der Waals surface area contributed by atoms with Crippen LogP contribution in [0.3, 0.4) is 0 Å². The number of carbonyl (C=O) groups is 1. The zero-order valence-corrected chi connectivity index (χ0v) is 10.6. The number of hydrogen-bond donors (Lipinski definition) is 2. The van der Waals surface area contributed by atoms with Crippen molar-refractivity contribution in [3.63, 3.8) is 0 Å². The average molecular weight is 289 g/mol. The van der Waals surface area contributed by atoms with Crippen LogP contribution in [0.4, 0.5) is 10.1 Å². The zero-order valence-electron chi connectivity index (χ0n) is 8.97. The Morgan fingerprint density at radius 1 is 1.62 bits per heavy atom. The minimum Gasteiger partial charge on any atom is -0.330 e. The molecule has 1 atom stereocenters. The molecule has 88 valence electrons. The SMILES string of the molecule is CC(CN)CC(=O)Nc1cc(F)ccc1Br. The number of carbonyl (C=O) groups excluding carboxylic acids is 1. The van der Waals surface area contributed by atoms with Crippen LogP contribution in [0.15, 0.2) is 22.7 Å². The highest BCUT2D eigenvalue weighted by atomic mass is 79.9.